The number of allylic oxidation sites excluding steroid dienone is 8. The summed E-state index contributed by atoms with van der Waals surface area (Å²) in [6.07, 6.45) is 18.3. The van der Waals surface area contributed by atoms with Crippen LogP contribution in [0.25, 0.3) is 0 Å². The molecule has 0 bridgehead atoms. The summed E-state index contributed by atoms with van der Waals surface area (Å²) in [6.45, 7) is 3.95. The van der Waals surface area contributed by atoms with Gasteiger partial charge < -0.3 is 24.8 Å². The van der Waals surface area contributed by atoms with Gasteiger partial charge in [0.1, 0.15) is 0 Å². The minimum atomic E-state index is 0. The van der Waals surface area contributed by atoms with E-state index in [1.807, 2.05) is 38.2 Å². The summed E-state index contributed by atoms with van der Waals surface area (Å²) < 4.78 is 0. The summed E-state index contributed by atoms with van der Waals surface area (Å²) in [6, 6.07) is 0. The molecule has 2 radical (unpaired) electrons. The molecule has 98 valence electrons. The molecule has 0 fully saturated rings. The van der Waals surface area contributed by atoms with Crippen molar-refractivity contribution in [1.29, 1.82) is 0 Å². The van der Waals surface area contributed by atoms with E-state index >= 15 is 0 Å². The zero-order valence-corrected chi connectivity index (χ0v) is 24.2. The van der Waals surface area contributed by atoms with Crippen molar-refractivity contribution in [3.63, 3.8) is 0 Å². The molecule has 0 spiro atoms. The van der Waals surface area contributed by atoms with Gasteiger partial charge in [-0.25, -0.2) is 12.2 Å². The van der Waals surface area contributed by atoms with Crippen LogP contribution in [0.1, 0.15) is 13.8 Å². The van der Waals surface area contributed by atoms with Crippen LogP contribution in [0.5, 0.6) is 0 Å². The van der Waals surface area contributed by atoms with E-state index in [0.717, 1.165) is 11.4 Å². The summed E-state index contributed by atoms with van der Waals surface area (Å²) in [7, 11) is 0. The third kappa shape index (κ3) is 7.61. The molecular weight excluding hydrogens is 668 g/mol. The van der Waals surface area contributed by atoms with Crippen molar-refractivity contribution < 1.29 is 80.2 Å². The molecule has 0 saturated carbocycles. The van der Waals surface area contributed by atoms with Crippen molar-refractivity contribution in [2.24, 2.45) is 22.0 Å². The van der Waals surface area contributed by atoms with Gasteiger partial charge in [-0.05, 0) is 13.8 Å². The van der Waals surface area contributed by atoms with Crippen LogP contribution in [-0.2, 0) is 55.3 Å². The number of hydrogen-bond donors (Lipinski definition) is 0. The molecule has 2 aliphatic carbocycles. The fourth-order valence-electron chi connectivity index (χ4n) is 1.56. The van der Waals surface area contributed by atoms with Crippen LogP contribution in [-0.4, -0.2) is 11.4 Å². The molecule has 0 saturated heterocycles. The van der Waals surface area contributed by atoms with Crippen molar-refractivity contribution in [2.75, 3.05) is 0 Å². The number of halogens is 2. The zero-order valence-electron chi connectivity index (χ0n) is 11.7. The average molecular weight is 682 g/mol. The van der Waals surface area contributed by atoms with Crippen molar-refractivity contribution in [3.8, 4) is 0 Å². The molecular formula is C14H14Cl2Hg2N2. The van der Waals surface area contributed by atoms with Gasteiger partial charge in [0.15, 0.2) is 12.0 Å². The van der Waals surface area contributed by atoms with E-state index in [1.54, 1.807) is 0 Å². The second-order valence-corrected chi connectivity index (χ2v) is 3.87. The Morgan fingerprint density at radius 3 is 2.15 bits per heavy atom. The predicted octanol–water partition coefficient (Wildman–Crippen LogP) is -3.08. The molecule has 0 aromatic heterocycles. The molecule has 2 nitrogen and oxygen atoms in total. The Hall–Kier alpha value is 0.660. The first kappa shape index (κ1) is 25.6. The third-order valence-corrected chi connectivity index (χ3v) is 2.62. The topological polar surface area (TPSA) is 24.7 Å². The Kier molecular flexibility index (Phi) is 17.1. The maximum absolute atomic E-state index is 4.23. The standard InChI is InChI=1S/C14H14N2.2ClH.2Hg/c1-11(13-7-3-4-8-13)15-16-12(2)14-9-5-6-10-14;;;;/h3-7,9,13-14H,1-2H3;2*1H;;/q;;;2*+1/p-2/b15-11-,16-12-;;;;. The molecule has 2 atom stereocenters. The average Bonchev–Trinajstić information content (AvgIpc) is 2.95. The van der Waals surface area contributed by atoms with Gasteiger partial charge >= 0.3 is 55.3 Å². The second kappa shape index (κ2) is 13.3. The van der Waals surface area contributed by atoms with Crippen molar-refractivity contribution in [3.05, 3.63) is 48.6 Å². The van der Waals surface area contributed by atoms with E-state index < -0.39 is 0 Å². The summed E-state index contributed by atoms with van der Waals surface area (Å²) in [4.78, 5) is 0. The van der Waals surface area contributed by atoms with Gasteiger partial charge in [-0.3, -0.25) is 6.08 Å². The fraction of sp³-hybridized carbons (Fsp3) is 0.286. The van der Waals surface area contributed by atoms with Crippen LogP contribution in [0.3, 0.4) is 0 Å². The summed E-state index contributed by atoms with van der Waals surface area (Å²) >= 11 is 0. The predicted molar refractivity (Wildman–Crippen MR) is 67.1 cm³/mol. The second-order valence-electron chi connectivity index (χ2n) is 3.87. The van der Waals surface area contributed by atoms with E-state index in [2.05, 4.69) is 34.5 Å². The first-order chi connectivity index (χ1) is 7.77. The van der Waals surface area contributed by atoms with Crippen LogP contribution in [0, 0.1) is 24.0 Å². The quantitative estimate of drug-likeness (QED) is 0.131. The first-order valence-corrected chi connectivity index (χ1v) is 5.38. The van der Waals surface area contributed by atoms with Crippen LogP contribution < -0.4 is 24.8 Å². The van der Waals surface area contributed by atoms with Crippen LogP contribution in [0.15, 0.2) is 46.7 Å². The molecule has 20 heavy (non-hydrogen) atoms. The SMILES string of the molecule is C/C(=N/N=C(/C)C1[C-]=CC=C1)C1[C+]=CC=C1.[Cl-].[Cl-].[Hg+].[Hg+]. The van der Waals surface area contributed by atoms with Gasteiger partial charge in [-0.15, -0.1) is 0 Å². The molecule has 0 N–H and O–H groups in total. The minimum absolute atomic E-state index is 0. The van der Waals surface area contributed by atoms with Gasteiger partial charge in [0.25, 0.3) is 0 Å². The number of hydrogen-bond acceptors (Lipinski definition) is 2. The third-order valence-electron chi connectivity index (χ3n) is 2.62. The molecule has 2 unspecified atom stereocenters. The minimum Gasteiger partial charge on any atom is -1.00 e. The first-order valence-electron chi connectivity index (χ1n) is 5.38. The van der Waals surface area contributed by atoms with Gasteiger partial charge in [0.05, 0.1) is 17.9 Å². The van der Waals surface area contributed by atoms with E-state index in [0.29, 0.717) is 0 Å². The summed E-state index contributed by atoms with van der Waals surface area (Å²) in [5, 5.41) is 8.47. The van der Waals surface area contributed by atoms with Crippen molar-refractivity contribution in [1.82, 2.24) is 0 Å². The van der Waals surface area contributed by atoms with E-state index in [-0.39, 0.29) is 92.0 Å². The zero-order chi connectivity index (χ0) is 11.4. The Morgan fingerprint density at radius 1 is 1.00 bits per heavy atom. The van der Waals surface area contributed by atoms with E-state index in [1.165, 1.54) is 0 Å². The van der Waals surface area contributed by atoms with Crippen LogP contribution in [0.2, 0.25) is 0 Å². The molecule has 0 aliphatic heterocycles. The molecule has 0 aromatic carbocycles. The molecule has 2 aliphatic rings. The van der Waals surface area contributed by atoms with Crippen molar-refractivity contribution >= 4 is 11.4 Å². The Morgan fingerprint density at radius 2 is 1.65 bits per heavy atom. The molecule has 0 aromatic rings. The fourth-order valence-corrected chi connectivity index (χ4v) is 1.56. The maximum atomic E-state index is 4.23. The van der Waals surface area contributed by atoms with Gasteiger partial charge in [0.2, 0.25) is 0 Å². The summed E-state index contributed by atoms with van der Waals surface area (Å²) in [5.41, 5.74) is 1.94. The van der Waals surface area contributed by atoms with Crippen molar-refractivity contribution in [2.45, 2.75) is 13.8 Å². The van der Waals surface area contributed by atoms with Crippen LogP contribution in [0.4, 0.5) is 0 Å². The maximum Gasteiger partial charge on any atom is 1.00 e. The van der Waals surface area contributed by atoms with E-state index in [9.17, 15) is 0 Å². The van der Waals surface area contributed by atoms with E-state index in [4.69, 9.17) is 0 Å². The Labute approximate surface area is 174 Å². The smallest absolute Gasteiger partial charge is 1.00 e. The summed E-state index contributed by atoms with van der Waals surface area (Å²) in [5.74, 6) is 0.380. The van der Waals surface area contributed by atoms with Gasteiger partial charge in [-0.1, -0.05) is 5.92 Å². The van der Waals surface area contributed by atoms with Crippen LogP contribution >= 0.6 is 0 Å². The largest absolute Gasteiger partial charge is 1.00 e. The number of rotatable bonds is 3. The molecule has 6 heteroatoms. The van der Waals surface area contributed by atoms with Gasteiger partial charge in [-0.2, -0.15) is 16.3 Å². The Balaban J connectivity index is -0.000000722. The monoisotopic (exact) mass is 684 g/mol. The number of nitrogens with zero attached hydrogens (tertiary/aromatic N) is 2. The molecule has 0 amide bonds. The normalized spacial score (nSPS) is 22.3. The Bertz CT molecular complexity index is 386. The molecule has 2 rings (SSSR count). The molecule has 0 heterocycles. The van der Waals surface area contributed by atoms with Gasteiger partial charge in [0, 0.05) is 11.8 Å².